The predicted molar refractivity (Wildman–Crippen MR) is 123 cm³/mol. The summed E-state index contributed by atoms with van der Waals surface area (Å²) >= 11 is 1.31. The van der Waals surface area contributed by atoms with Gasteiger partial charge in [-0.15, -0.1) is 0 Å². The number of thiophene rings is 1. The maximum atomic E-state index is 12.6. The summed E-state index contributed by atoms with van der Waals surface area (Å²) in [5, 5.41) is 19.9. The van der Waals surface area contributed by atoms with Crippen LogP contribution in [0.3, 0.4) is 0 Å². The van der Waals surface area contributed by atoms with Crippen molar-refractivity contribution in [3.8, 4) is 17.1 Å². The van der Waals surface area contributed by atoms with Gasteiger partial charge < -0.3 is 0 Å². The molecular formula is C21H18BN6O2S. The Morgan fingerprint density at radius 1 is 1.06 bits per heavy atom. The van der Waals surface area contributed by atoms with Crippen molar-refractivity contribution in [3.63, 3.8) is 0 Å². The SMILES string of the molecule is [B]=C(Nc1ccc(OC)cc1C)c1ccc(C(=O)Nc2ccc(-c3nn[nH]n3)cc2)s1. The summed E-state index contributed by atoms with van der Waals surface area (Å²) in [6.45, 7) is 1.97. The first-order valence-electron chi connectivity index (χ1n) is 9.33. The van der Waals surface area contributed by atoms with E-state index in [9.17, 15) is 4.79 Å². The van der Waals surface area contributed by atoms with E-state index in [1.165, 1.54) is 11.3 Å². The molecule has 2 aromatic carbocycles. The van der Waals surface area contributed by atoms with Gasteiger partial charge in [-0.2, -0.15) is 5.21 Å². The van der Waals surface area contributed by atoms with Crippen molar-refractivity contribution in [1.29, 1.82) is 0 Å². The van der Waals surface area contributed by atoms with Crippen molar-refractivity contribution in [2.75, 3.05) is 17.7 Å². The van der Waals surface area contributed by atoms with E-state index in [-0.39, 0.29) is 5.91 Å². The summed E-state index contributed by atoms with van der Waals surface area (Å²) in [7, 11) is 7.86. The number of H-pyrrole nitrogens is 1. The van der Waals surface area contributed by atoms with Gasteiger partial charge >= 0.3 is 173 Å². The van der Waals surface area contributed by atoms with E-state index in [1.807, 2.05) is 43.3 Å². The van der Waals surface area contributed by atoms with E-state index in [2.05, 4.69) is 31.3 Å². The molecule has 0 aliphatic carbocycles. The summed E-state index contributed by atoms with van der Waals surface area (Å²) in [6, 6.07) is 16.4. The first-order valence-corrected chi connectivity index (χ1v) is 10.1. The standard InChI is InChI=1S/C21H18BN6O2S/c1-12-11-15(30-2)7-8-16(12)24-19(22)17-9-10-18(31-17)21(29)23-14-5-3-13(4-6-14)20-25-27-28-26-20/h3-11,24H,1-2H3,(H,23,29)(H,25,26,27,28). The van der Waals surface area contributed by atoms with E-state index >= 15 is 0 Å². The second-order valence-electron chi connectivity index (χ2n) is 6.65. The molecule has 0 atom stereocenters. The molecular weight excluding hydrogens is 411 g/mol. The first-order chi connectivity index (χ1) is 15.0. The number of tetrazole rings is 1. The van der Waals surface area contributed by atoms with Gasteiger partial charge in [-0.05, 0) is 5.21 Å². The van der Waals surface area contributed by atoms with Gasteiger partial charge in [0.2, 0.25) is 0 Å². The van der Waals surface area contributed by atoms with E-state index < -0.39 is 0 Å². The fourth-order valence-electron chi connectivity index (χ4n) is 2.89. The Morgan fingerprint density at radius 3 is 2.52 bits per heavy atom. The van der Waals surface area contributed by atoms with Crippen LogP contribution >= 0.6 is 11.3 Å². The summed E-state index contributed by atoms with van der Waals surface area (Å²) in [5.74, 6) is 1.06. The molecule has 1 amide bonds. The monoisotopic (exact) mass is 429 g/mol. The molecule has 0 fully saturated rings. The third kappa shape index (κ3) is 4.70. The van der Waals surface area contributed by atoms with Crippen LogP contribution in [0.1, 0.15) is 20.1 Å². The summed E-state index contributed by atoms with van der Waals surface area (Å²) in [5.41, 5.74) is 3.81. The average molecular weight is 429 g/mol. The molecule has 1 radical (unpaired) electrons. The average Bonchev–Trinajstić information content (AvgIpc) is 3.48. The number of ether oxygens (including phenoxy) is 1. The molecule has 0 aliphatic rings. The predicted octanol–water partition coefficient (Wildman–Crippen LogP) is 3.26. The van der Waals surface area contributed by atoms with Crippen LogP contribution in [0.5, 0.6) is 5.75 Å². The number of aryl methyl sites for hydroxylation is 1. The van der Waals surface area contributed by atoms with Crippen LogP contribution in [0, 0.1) is 6.92 Å². The van der Waals surface area contributed by atoms with Crippen molar-refractivity contribution in [2.45, 2.75) is 6.92 Å². The Kier molecular flexibility index (Phi) is 5.90. The van der Waals surface area contributed by atoms with Crippen LogP contribution in [0.15, 0.2) is 54.6 Å². The van der Waals surface area contributed by atoms with Crippen molar-refractivity contribution in [2.24, 2.45) is 0 Å². The molecule has 0 saturated carbocycles. The minimum absolute atomic E-state index is 0.211. The van der Waals surface area contributed by atoms with Crippen molar-refractivity contribution in [3.05, 3.63) is 69.9 Å². The van der Waals surface area contributed by atoms with Gasteiger partial charge in [-0.1, -0.05) is 0 Å². The zero-order chi connectivity index (χ0) is 21.8. The molecule has 4 aromatic rings. The van der Waals surface area contributed by atoms with Gasteiger partial charge in [0, 0.05) is 0 Å². The summed E-state index contributed by atoms with van der Waals surface area (Å²) in [4.78, 5) is 13.9. The van der Waals surface area contributed by atoms with E-state index in [1.54, 1.807) is 25.3 Å². The van der Waals surface area contributed by atoms with Crippen LogP contribution in [0.2, 0.25) is 0 Å². The molecule has 10 heteroatoms. The van der Waals surface area contributed by atoms with E-state index in [0.29, 0.717) is 22.0 Å². The number of aromatic nitrogens is 4. The molecule has 4 rings (SSSR count). The zero-order valence-electron chi connectivity index (χ0n) is 16.8. The van der Waals surface area contributed by atoms with Crippen molar-refractivity contribution >= 4 is 41.7 Å². The number of carbonyl (C=O) groups is 1. The van der Waals surface area contributed by atoms with Crippen molar-refractivity contribution in [1.82, 2.24) is 20.6 Å². The second-order valence-corrected chi connectivity index (χ2v) is 7.73. The number of nitrogens with zero attached hydrogens (tertiary/aromatic N) is 3. The van der Waals surface area contributed by atoms with Crippen LogP contribution < -0.4 is 15.4 Å². The van der Waals surface area contributed by atoms with Gasteiger partial charge in [-0.3, -0.25) is 0 Å². The number of rotatable bonds is 7. The minimum atomic E-state index is -0.211. The third-order valence-corrected chi connectivity index (χ3v) is 5.66. The van der Waals surface area contributed by atoms with Gasteiger partial charge in [-0.25, -0.2) is 0 Å². The summed E-state index contributed by atoms with van der Waals surface area (Å²) in [6.07, 6.45) is 0. The number of anilines is 2. The maximum absolute atomic E-state index is 12.6. The Morgan fingerprint density at radius 2 is 1.84 bits per heavy atom. The molecule has 0 aliphatic heterocycles. The van der Waals surface area contributed by atoms with Crippen molar-refractivity contribution < 1.29 is 9.53 Å². The molecule has 0 spiro atoms. The molecule has 8 nitrogen and oxygen atoms in total. The Balaban J connectivity index is 1.41. The van der Waals surface area contributed by atoms with Crippen LogP contribution in [0.25, 0.3) is 11.4 Å². The summed E-state index contributed by atoms with van der Waals surface area (Å²) < 4.78 is 5.22. The molecule has 2 aromatic heterocycles. The number of methoxy groups -OCH3 is 1. The van der Waals surface area contributed by atoms with Crippen LogP contribution in [0.4, 0.5) is 11.4 Å². The number of hydrogen-bond acceptors (Lipinski definition) is 7. The van der Waals surface area contributed by atoms with Crippen LogP contribution in [-0.2, 0) is 0 Å². The number of carbonyl (C=O) groups excluding carboxylic acids is 1. The van der Waals surface area contributed by atoms with Gasteiger partial charge in [0.05, 0.1) is 0 Å². The Bertz CT molecular complexity index is 1220. The number of nitrogens with one attached hydrogen (secondary N) is 3. The third-order valence-electron chi connectivity index (χ3n) is 4.54. The second kappa shape index (κ2) is 8.92. The zero-order valence-corrected chi connectivity index (χ0v) is 17.7. The van der Waals surface area contributed by atoms with E-state index in [4.69, 9.17) is 12.2 Å². The van der Waals surface area contributed by atoms with Gasteiger partial charge in [0.1, 0.15) is 0 Å². The quantitative estimate of drug-likeness (QED) is 0.390. The van der Waals surface area contributed by atoms with E-state index in [0.717, 1.165) is 27.4 Å². The molecule has 0 unspecified atom stereocenters. The Hall–Kier alpha value is -3.79. The number of benzene rings is 2. The number of aromatic amines is 1. The van der Waals surface area contributed by atoms with Gasteiger partial charge in [0.15, 0.2) is 0 Å². The van der Waals surface area contributed by atoms with Crippen LogP contribution in [-0.4, -0.2) is 46.7 Å². The molecule has 3 N–H and O–H groups in total. The molecule has 0 saturated heterocycles. The number of amides is 1. The number of hydrogen-bond donors (Lipinski definition) is 3. The molecule has 153 valence electrons. The van der Waals surface area contributed by atoms with Gasteiger partial charge in [0.25, 0.3) is 0 Å². The first kappa shape index (κ1) is 20.5. The topological polar surface area (TPSA) is 105 Å². The fraction of sp³-hybridized carbons (Fsp3) is 0.0952. The molecule has 31 heavy (non-hydrogen) atoms. The normalized spacial score (nSPS) is 10.5. The molecule has 2 heterocycles. The Labute approximate surface area is 183 Å². The molecule has 0 bridgehead atoms. The fourth-order valence-corrected chi connectivity index (χ4v) is 3.71.